The van der Waals surface area contributed by atoms with Gasteiger partial charge in [0.2, 0.25) is 0 Å². The van der Waals surface area contributed by atoms with E-state index in [-0.39, 0.29) is 27.0 Å². The molecule has 92 valence electrons. The van der Waals surface area contributed by atoms with Gasteiger partial charge in [0.1, 0.15) is 0 Å². The molecule has 1 heterocycles. The molecular weight excluding hydrogens is 242 g/mol. The van der Waals surface area contributed by atoms with Crippen LogP contribution in [0.1, 0.15) is 5.56 Å². The van der Waals surface area contributed by atoms with Crippen LogP contribution in [-0.2, 0) is 6.54 Å². The molecule has 1 saturated heterocycles. The van der Waals surface area contributed by atoms with Gasteiger partial charge in [-0.15, -0.1) is 0 Å². The van der Waals surface area contributed by atoms with E-state index in [1.54, 1.807) is 0 Å². The number of rotatable bonds is 2. The molecule has 2 N–H and O–H groups in total. The van der Waals surface area contributed by atoms with Crippen LogP contribution in [0.5, 0.6) is 0 Å². The first-order valence-electron chi connectivity index (χ1n) is 4.88. The van der Waals surface area contributed by atoms with Gasteiger partial charge in [-0.3, -0.25) is 4.90 Å². The van der Waals surface area contributed by atoms with Gasteiger partial charge in [0.15, 0.2) is 0 Å². The Kier molecular flexibility index (Phi) is 7.10. The molecule has 0 aromatic heterocycles. The third-order valence-corrected chi connectivity index (χ3v) is 2.58. The standard InChI is InChI=1S/C11H15NO2.2H2S/c13-10-7-12(8-11(10)14)6-9-4-2-1-3-5-9;;/h1-5,10-11,13-14H,6-8H2;2*1H2/t10-,11-;;/m0../s1. The highest BCUT2D eigenvalue weighted by Gasteiger charge is 2.28. The highest BCUT2D eigenvalue weighted by molar-refractivity contribution is 7.59. The van der Waals surface area contributed by atoms with Crippen molar-refractivity contribution in [3.63, 3.8) is 0 Å². The number of hydrogen-bond donors (Lipinski definition) is 2. The molecule has 0 radical (unpaired) electrons. The van der Waals surface area contributed by atoms with Gasteiger partial charge in [-0.05, 0) is 5.56 Å². The van der Waals surface area contributed by atoms with Gasteiger partial charge in [-0.2, -0.15) is 27.0 Å². The molecule has 3 nitrogen and oxygen atoms in total. The molecule has 1 aromatic carbocycles. The smallest absolute Gasteiger partial charge is 0.0938 e. The fourth-order valence-electron chi connectivity index (χ4n) is 1.82. The molecule has 0 unspecified atom stereocenters. The van der Waals surface area contributed by atoms with Crippen molar-refractivity contribution in [1.82, 2.24) is 4.90 Å². The molecule has 0 saturated carbocycles. The maximum atomic E-state index is 9.35. The van der Waals surface area contributed by atoms with E-state index in [2.05, 4.69) is 17.0 Å². The summed E-state index contributed by atoms with van der Waals surface area (Å²) in [6.07, 6.45) is -1.17. The molecule has 1 aromatic rings. The largest absolute Gasteiger partial charge is 0.389 e. The zero-order valence-electron chi connectivity index (χ0n) is 9.00. The van der Waals surface area contributed by atoms with E-state index in [1.807, 2.05) is 18.2 Å². The van der Waals surface area contributed by atoms with E-state index in [9.17, 15) is 10.2 Å². The van der Waals surface area contributed by atoms with Gasteiger partial charge in [-0.1, -0.05) is 30.3 Å². The maximum absolute atomic E-state index is 9.35. The van der Waals surface area contributed by atoms with Gasteiger partial charge >= 0.3 is 0 Å². The number of β-amino-alcohol motifs (C(OH)–C–C–N with tert-alkyl or cyclic N) is 2. The van der Waals surface area contributed by atoms with Crippen LogP contribution in [0.2, 0.25) is 0 Å². The average molecular weight is 261 g/mol. The molecule has 16 heavy (non-hydrogen) atoms. The monoisotopic (exact) mass is 261 g/mol. The van der Waals surface area contributed by atoms with Crippen LogP contribution in [0.15, 0.2) is 30.3 Å². The number of hydrogen-bond acceptors (Lipinski definition) is 3. The first kappa shape index (κ1) is 15.8. The van der Waals surface area contributed by atoms with Crippen molar-refractivity contribution >= 4 is 27.0 Å². The average Bonchev–Trinajstić information content (AvgIpc) is 2.47. The summed E-state index contributed by atoms with van der Waals surface area (Å²) in [6, 6.07) is 10.1. The van der Waals surface area contributed by atoms with Crippen molar-refractivity contribution < 1.29 is 10.2 Å². The second kappa shape index (κ2) is 7.19. The third kappa shape index (κ3) is 3.99. The number of likely N-dealkylation sites (tertiary alicyclic amines) is 1. The summed E-state index contributed by atoms with van der Waals surface area (Å²) in [5, 5.41) is 18.7. The van der Waals surface area contributed by atoms with Crippen molar-refractivity contribution in [3.8, 4) is 0 Å². The Balaban J connectivity index is 0.00000112. The number of benzene rings is 1. The minimum absolute atomic E-state index is 0. The van der Waals surface area contributed by atoms with Gasteiger partial charge in [0.25, 0.3) is 0 Å². The van der Waals surface area contributed by atoms with Crippen LogP contribution in [0, 0.1) is 0 Å². The fourth-order valence-corrected chi connectivity index (χ4v) is 1.82. The van der Waals surface area contributed by atoms with Crippen molar-refractivity contribution in [1.29, 1.82) is 0 Å². The summed E-state index contributed by atoms with van der Waals surface area (Å²) in [6.45, 7) is 1.93. The predicted octanol–water partition coefficient (Wildman–Crippen LogP) is 0.450. The molecule has 5 heteroatoms. The van der Waals surface area contributed by atoms with Gasteiger partial charge in [0, 0.05) is 19.6 Å². The Hall–Kier alpha value is -0.200. The molecule has 0 spiro atoms. The van der Waals surface area contributed by atoms with Gasteiger partial charge in [0.05, 0.1) is 12.2 Å². The summed E-state index contributed by atoms with van der Waals surface area (Å²) >= 11 is 0. The predicted molar refractivity (Wildman–Crippen MR) is 74.5 cm³/mol. The number of aliphatic hydroxyl groups is 2. The van der Waals surface area contributed by atoms with Gasteiger partial charge in [-0.25, -0.2) is 0 Å². The van der Waals surface area contributed by atoms with Crippen LogP contribution < -0.4 is 0 Å². The van der Waals surface area contributed by atoms with Crippen LogP contribution >= 0.6 is 27.0 Å². The van der Waals surface area contributed by atoms with Gasteiger partial charge < -0.3 is 10.2 Å². The normalized spacial score (nSPS) is 24.6. The van der Waals surface area contributed by atoms with Crippen molar-refractivity contribution in [2.45, 2.75) is 18.8 Å². The topological polar surface area (TPSA) is 43.7 Å². The Morgan fingerprint density at radius 2 is 1.50 bits per heavy atom. The van der Waals surface area contributed by atoms with E-state index in [1.165, 1.54) is 5.56 Å². The molecule has 0 bridgehead atoms. The summed E-state index contributed by atoms with van der Waals surface area (Å²) in [5.74, 6) is 0. The summed E-state index contributed by atoms with van der Waals surface area (Å²) in [4.78, 5) is 2.06. The Morgan fingerprint density at radius 1 is 1.00 bits per heavy atom. The number of nitrogens with zero attached hydrogens (tertiary/aromatic N) is 1. The van der Waals surface area contributed by atoms with Crippen LogP contribution in [-0.4, -0.2) is 40.4 Å². The van der Waals surface area contributed by atoms with Crippen LogP contribution in [0.25, 0.3) is 0 Å². The summed E-state index contributed by atoms with van der Waals surface area (Å²) in [5.41, 5.74) is 1.22. The highest BCUT2D eigenvalue weighted by atomic mass is 32.1. The van der Waals surface area contributed by atoms with Crippen molar-refractivity contribution in [2.24, 2.45) is 0 Å². The van der Waals surface area contributed by atoms with E-state index in [0.29, 0.717) is 13.1 Å². The highest BCUT2D eigenvalue weighted by Crippen LogP contribution is 2.13. The fraction of sp³-hybridized carbons (Fsp3) is 0.455. The summed E-state index contributed by atoms with van der Waals surface area (Å²) in [7, 11) is 0. The molecular formula is C11H19NO2S2. The van der Waals surface area contributed by atoms with Crippen LogP contribution in [0.3, 0.4) is 0 Å². The molecule has 1 fully saturated rings. The van der Waals surface area contributed by atoms with E-state index in [0.717, 1.165) is 6.54 Å². The molecule has 2 rings (SSSR count). The SMILES string of the molecule is O[C@H]1CN(Cc2ccccc2)C[C@@H]1O.S.S. The Morgan fingerprint density at radius 3 is 2.00 bits per heavy atom. The second-order valence-electron chi connectivity index (χ2n) is 3.81. The van der Waals surface area contributed by atoms with Crippen molar-refractivity contribution in [2.75, 3.05) is 13.1 Å². The van der Waals surface area contributed by atoms with Crippen molar-refractivity contribution in [3.05, 3.63) is 35.9 Å². The second-order valence-corrected chi connectivity index (χ2v) is 3.81. The summed E-state index contributed by atoms with van der Waals surface area (Å²) < 4.78 is 0. The lowest BCUT2D eigenvalue weighted by atomic mass is 10.2. The van der Waals surface area contributed by atoms with E-state index < -0.39 is 12.2 Å². The first-order valence-corrected chi connectivity index (χ1v) is 4.88. The minimum Gasteiger partial charge on any atom is -0.389 e. The molecule has 1 aliphatic rings. The molecule has 1 aliphatic heterocycles. The Bertz CT molecular complexity index is 287. The zero-order valence-corrected chi connectivity index (χ0v) is 11.0. The lowest BCUT2D eigenvalue weighted by molar-refractivity contribution is 0.0572. The quantitative estimate of drug-likeness (QED) is 0.812. The third-order valence-electron chi connectivity index (χ3n) is 2.58. The molecule has 0 aliphatic carbocycles. The molecule has 0 amide bonds. The lowest BCUT2D eigenvalue weighted by Gasteiger charge is -2.14. The maximum Gasteiger partial charge on any atom is 0.0938 e. The van der Waals surface area contributed by atoms with E-state index in [4.69, 9.17) is 0 Å². The zero-order chi connectivity index (χ0) is 9.97. The lowest BCUT2D eigenvalue weighted by Crippen LogP contribution is -2.22. The minimum atomic E-state index is -0.585. The number of aliphatic hydroxyl groups excluding tert-OH is 2. The van der Waals surface area contributed by atoms with Crippen LogP contribution in [0.4, 0.5) is 0 Å². The Labute approximate surface area is 110 Å². The molecule has 2 atom stereocenters. The first-order chi connectivity index (χ1) is 6.75. The van der Waals surface area contributed by atoms with E-state index >= 15 is 0 Å².